The van der Waals surface area contributed by atoms with Crippen LogP contribution in [0.2, 0.25) is 0 Å². The molecule has 0 aliphatic carbocycles. The number of hydrogen-bond acceptors (Lipinski definition) is 2. The van der Waals surface area contributed by atoms with E-state index in [0.29, 0.717) is 0 Å². The van der Waals surface area contributed by atoms with Gasteiger partial charge in [0, 0.05) is 0 Å². The summed E-state index contributed by atoms with van der Waals surface area (Å²) in [5.74, 6) is 0. The molecule has 0 aromatic rings. The van der Waals surface area contributed by atoms with Gasteiger partial charge >= 0.3 is 168 Å². The van der Waals surface area contributed by atoms with E-state index >= 15 is 0 Å². The molecule has 0 heterocycles. The summed E-state index contributed by atoms with van der Waals surface area (Å²) >= 11 is -1.01. The molecule has 0 bridgehead atoms. The van der Waals surface area contributed by atoms with Gasteiger partial charge in [-0.1, -0.05) is 78.1 Å². The number of hydrogen-bond donors (Lipinski definition) is 0. The third kappa shape index (κ3) is 38.2. The molecule has 0 aromatic carbocycles. The molecule has 0 aromatic heterocycles. The summed E-state index contributed by atoms with van der Waals surface area (Å²) in [6.45, 7) is 6.44. The Balaban J connectivity index is 3.09. The second kappa shape index (κ2) is 38.2. The van der Waals surface area contributed by atoms with Crippen LogP contribution in [0.3, 0.4) is 0 Å². The molecule has 3 heteroatoms. The summed E-state index contributed by atoms with van der Waals surface area (Å²) in [6.07, 6.45) is 47.8. The van der Waals surface area contributed by atoms with Crippen molar-refractivity contribution in [3.63, 3.8) is 0 Å². The zero-order chi connectivity index (χ0) is 28.2. The van der Waals surface area contributed by atoms with Crippen LogP contribution in [0.4, 0.5) is 0 Å². The average Bonchev–Trinajstić information content (AvgIpc) is 2.95. The van der Waals surface area contributed by atoms with Crippen molar-refractivity contribution in [2.24, 2.45) is 0 Å². The van der Waals surface area contributed by atoms with Crippen molar-refractivity contribution in [1.29, 1.82) is 0 Å². The molecule has 0 amide bonds. The minimum absolute atomic E-state index is 0.931. The average molecular weight is 654 g/mol. The van der Waals surface area contributed by atoms with Crippen LogP contribution in [-0.4, -0.2) is 35.2 Å². The zero-order valence-corrected chi connectivity index (χ0v) is 29.7. The van der Waals surface area contributed by atoms with E-state index in [9.17, 15) is 0 Å². The Morgan fingerprint density at radius 3 is 0.897 bits per heavy atom. The first-order chi connectivity index (χ1) is 19.4. The van der Waals surface area contributed by atoms with Crippen LogP contribution in [-0.2, 0) is 6.15 Å². The Hall–Kier alpha value is 0.199. The Morgan fingerprint density at radius 1 is 0.333 bits per heavy atom. The van der Waals surface area contributed by atoms with Crippen molar-refractivity contribution in [2.45, 2.75) is 194 Å². The Kier molecular flexibility index (Phi) is 38.4. The molecule has 0 saturated heterocycles. The third-order valence-corrected chi connectivity index (χ3v) is 9.47. The smallest absolute Gasteiger partial charge is 0.0654 e. The Morgan fingerprint density at radius 2 is 0.590 bits per heavy atom. The summed E-state index contributed by atoms with van der Waals surface area (Å²) in [5, 5.41) is 0. The van der Waals surface area contributed by atoms with Crippen LogP contribution >= 0.6 is 0 Å². The van der Waals surface area contributed by atoms with Crippen LogP contribution < -0.4 is 0 Å². The molecular weight excluding hydrogens is 583 g/mol. The molecule has 2 radical (unpaired) electrons. The molecule has 0 saturated carbocycles. The van der Waals surface area contributed by atoms with Crippen LogP contribution in [0.15, 0.2) is 24.3 Å². The SMILES string of the molecule is CCCCCCCCC=CCCCCCCCC[O][Sn][O]CCCCCCCCC=CCCCCCCCC. The van der Waals surface area contributed by atoms with Gasteiger partial charge in [0.15, 0.2) is 0 Å². The molecule has 0 atom stereocenters. The fourth-order valence-corrected chi connectivity index (χ4v) is 6.51. The van der Waals surface area contributed by atoms with E-state index in [1.807, 2.05) is 0 Å². The normalized spacial score (nSPS) is 11.9. The van der Waals surface area contributed by atoms with Gasteiger partial charge in [0.25, 0.3) is 0 Å². The van der Waals surface area contributed by atoms with Crippen LogP contribution in [0.25, 0.3) is 0 Å². The van der Waals surface area contributed by atoms with Crippen LogP contribution in [0.1, 0.15) is 194 Å². The topological polar surface area (TPSA) is 18.5 Å². The first kappa shape index (κ1) is 39.2. The summed E-state index contributed by atoms with van der Waals surface area (Å²) in [7, 11) is 0. The molecule has 0 N–H and O–H groups in total. The second-order valence-corrected chi connectivity index (χ2v) is 13.8. The number of allylic oxidation sites excluding steroid dienone is 4. The van der Waals surface area contributed by atoms with Gasteiger partial charge < -0.3 is 0 Å². The van der Waals surface area contributed by atoms with E-state index in [2.05, 4.69) is 38.2 Å². The van der Waals surface area contributed by atoms with Gasteiger partial charge in [0.2, 0.25) is 0 Å². The molecule has 230 valence electrons. The van der Waals surface area contributed by atoms with Crippen molar-refractivity contribution < 1.29 is 6.15 Å². The van der Waals surface area contributed by atoms with Gasteiger partial charge in [-0.3, -0.25) is 0 Å². The summed E-state index contributed by atoms with van der Waals surface area (Å²) in [6, 6.07) is 0. The van der Waals surface area contributed by atoms with Crippen molar-refractivity contribution >= 4 is 22.0 Å². The molecule has 0 fully saturated rings. The minimum Gasteiger partial charge on any atom is -0.0654 e. The molecular formula is C36H70O2Sn. The molecule has 39 heavy (non-hydrogen) atoms. The van der Waals surface area contributed by atoms with Gasteiger partial charge in [-0.2, -0.15) is 0 Å². The number of unbranched alkanes of at least 4 members (excludes halogenated alkanes) is 24. The van der Waals surface area contributed by atoms with E-state index in [0.717, 1.165) is 13.2 Å². The summed E-state index contributed by atoms with van der Waals surface area (Å²) in [5.41, 5.74) is 0. The minimum atomic E-state index is -1.01. The molecule has 0 unspecified atom stereocenters. The molecule has 0 rings (SSSR count). The first-order valence-corrected chi connectivity index (χ1v) is 20.0. The molecule has 2 nitrogen and oxygen atoms in total. The molecule has 0 spiro atoms. The monoisotopic (exact) mass is 654 g/mol. The Bertz CT molecular complexity index is 435. The van der Waals surface area contributed by atoms with E-state index in [1.54, 1.807) is 0 Å². The van der Waals surface area contributed by atoms with Gasteiger partial charge in [0.1, 0.15) is 0 Å². The predicted octanol–water partition coefficient (Wildman–Crippen LogP) is 12.6. The van der Waals surface area contributed by atoms with Crippen molar-refractivity contribution in [3.05, 3.63) is 24.3 Å². The van der Waals surface area contributed by atoms with Crippen LogP contribution in [0.5, 0.6) is 0 Å². The van der Waals surface area contributed by atoms with Crippen molar-refractivity contribution in [3.8, 4) is 0 Å². The predicted molar refractivity (Wildman–Crippen MR) is 177 cm³/mol. The Labute approximate surface area is 258 Å². The first-order valence-electron chi connectivity index (χ1n) is 17.7. The van der Waals surface area contributed by atoms with Gasteiger partial charge in [-0.25, -0.2) is 0 Å². The summed E-state index contributed by atoms with van der Waals surface area (Å²) in [4.78, 5) is 0. The fourth-order valence-electron chi connectivity index (χ4n) is 4.97. The number of rotatable bonds is 34. The van der Waals surface area contributed by atoms with Crippen molar-refractivity contribution in [1.82, 2.24) is 0 Å². The van der Waals surface area contributed by atoms with Crippen LogP contribution in [0, 0.1) is 0 Å². The van der Waals surface area contributed by atoms with Gasteiger partial charge in [-0.05, 0) is 12.8 Å². The fraction of sp³-hybridized carbons (Fsp3) is 0.889. The standard InChI is InChI=1S/2C18H35O.Sn/c2*1-2-3-4-5-6-7-8-9-10-11-12-13-14-15-16-17-18-19;/h2*9-10H,2-8,11-18H2,1H3;/q2*-1;+2. The van der Waals surface area contributed by atoms with Crippen molar-refractivity contribution in [2.75, 3.05) is 13.2 Å². The summed E-state index contributed by atoms with van der Waals surface area (Å²) < 4.78 is 11.6. The van der Waals surface area contributed by atoms with Gasteiger partial charge in [0.05, 0.1) is 0 Å². The zero-order valence-electron chi connectivity index (χ0n) is 26.8. The quantitative estimate of drug-likeness (QED) is 0.0391. The third-order valence-electron chi connectivity index (χ3n) is 7.63. The maximum absolute atomic E-state index is 5.81. The van der Waals surface area contributed by atoms with E-state index in [4.69, 9.17) is 6.15 Å². The maximum atomic E-state index is 5.81. The van der Waals surface area contributed by atoms with E-state index in [1.165, 1.54) is 180 Å². The van der Waals surface area contributed by atoms with Gasteiger partial charge in [-0.15, -0.1) is 0 Å². The molecule has 0 aliphatic rings. The second-order valence-electron chi connectivity index (χ2n) is 11.7. The van der Waals surface area contributed by atoms with E-state index < -0.39 is 22.0 Å². The molecule has 0 aliphatic heterocycles. The van der Waals surface area contributed by atoms with E-state index in [-0.39, 0.29) is 0 Å².